The van der Waals surface area contributed by atoms with Gasteiger partial charge in [0.1, 0.15) is 0 Å². The normalized spacial score (nSPS) is 21.8. The predicted octanol–water partition coefficient (Wildman–Crippen LogP) is 4.29. The van der Waals surface area contributed by atoms with Crippen molar-refractivity contribution in [1.29, 1.82) is 0 Å². The van der Waals surface area contributed by atoms with Crippen LogP contribution in [-0.4, -0.2) is 11.4 Å². The molecule has 1 amide bonds. The van der Waals surface area contributed by atoms with Gasteiger partial charge in [-0.1, -0.05) is 39.0 Å². The Morgan fingerprint density at radius 3 is 2.37 bits per heavy atom. The molecular formula is C17H31NO. The zero-order valence-electron chi connectivity index (χ0n) is 13.0. The van der Waals surface area contributed by atoms with Crippen molar-refractivity contribution in [3.63, 3.8) is 0 Å². The van der Waals surface area contributed by atoms with Crippen molar-refractivity contribution in [2.75, 3.05) is 0 Å². The van der Waals surface area contributed by atoms with Gasteiger partial charge in [-0.15, -0.1) is 0 Å². The van der Waals surface area contributed by atoms with Crippen LogP contribution in [0, 0.1) is 17.8 Å². The molecule has 2 nitrogen and oxygen atoms in total. The van der Waals surface area contributed by atoms with Gasteiger partial charge in [0.15, 0.2) is 0 Å². The minimum absolute atomic E-state index is 0.0471. The molecule has 1 N–H and O–H groups in total. The molecule has 0 aromatic heterocycles. The monoisotopic (exact) mass is 265 g/mol. The van der Waals surface area contributed by atoms with Crippen LogP contribution in [0.5, 0.6) is 0 Å². The maximum absolute atomic E-state index is 12.5. The number of nitrogens with one attached hydrogen (secondary N) is 1. The molecule has 2 saturated carbocycles. The zero-order chi connectivity index (χ0) is 13.9. The van der Waals surface area contributed by atoms with E-state index in [0.717, 1.165) is 31.1 Å². The molecule has 0 spiro atoms. The molecule has 2 rings (SSSR count). The fraction of sp³-hybridized carbons (Fsp3) is 0.941. The summed E-state index contributed by atoms with van der Waals surface area (Å²) >= 11 is 0. The summed E-state index contributed by atoms with van der Waals surface area (Å²) in [7, 11) is 0. The number of carbonyl (C=O) groups is 1. The van der Waals surface area contributed by atoms with Crippen LogP contribution in [0.15, 0.2) is 0 Å². The Balaban J connectivity index is 1.83. The minimum atomic E-state index is -0.0471. The molecule has 0 heterocycles. The van der Waals surface area contributed by atoms with E-state index in [2.05, 4.69) is 26.1 Å². The summed E-state index contributed by atoms with van der Waals surface area (Å²) in [4.78, 5) is 12.5. The molecule has 110 valence electrons. The number of hydrogen-bond acceptors (Lipinski definition) is 1. The van der Waals surface area contributed by atoms with E-state index in [9.17, 15) is 4.79 Å². The molecule has 2 aliphatic carbocycles. The lowest BCUT2D eigenvalue weighted by Gasteiger charge is -2.32. The van der Waals surface area contributed by atoms with Crippen molar-refractivity contribution in [3.05, 3.63) is 0 Å². The third-order valence-corrected chi connectivity index (χ3v) is 5.18. The summed E-state index contributed by atoms with van der Waals surface area (Å²) in [5.74, 6) is 2.37. The highest BCUT2D eigenvalue weighted by Crippen LogP contribution is 2.38. The molecule has 0 saturated heterocycles. The number of amides is 1. The summed E-state index contributed by atoms with van der Waals surface area (Å²) in [5, 5.41) is 3.26. The van der Waals surface area contributed by atoms with Crippen LogP contribution in [0.1, 0.15) is 78.6 Å². The molecule has 1 atom stereocenters. The van der Waals surface area contributed by atoms with E-state index in [1.165, 1.54) is 38.5 Å². The molecule has 2 aliphatic rings. The van der Waals surface area contributed by atoms with Crippen LogP contribution < -0.4 is 5.32 Å². The lowest BCUT2D eigenvalue weighted by molar-refractivity contribution is -0.127. The molecule has 0 aliphatic heterocycles. The fourth-order valence-corrected chi connectivity index (χ4v) is 2.85. The van der Waals surface area contributed by atoms with Gasteiger partial charge in [0.2, 0.25) is 5.91 Å². The predicted molar refractivity (Wildman–Crippen MR) is 79.9 cm³/mol. The summed E-state index contributed by atoms with van der Waals surface area (Å²) in [6.45, 7) is 6.41. The second kappa shape index (κ2) is 6.28. The van der Waals surface area contributed by atoms with E-state index < -0.39 is 0 Å². The summed E-state index contributed by atoms with van der Waals surface area (Å²) in [6, 6.07) is 0. The Morgan fingerprint density at radius 1 is 1.21 bits per heavy atom. The Bertz CT molecular complexity index is 302. The van der Waals surface area contributed by atoms with Crippen molar-refractivity contribution in [3.8, 4) is 0 Å². The highest BCUT2D eigenvalue weighted by atomic mass is 16.2. The van der Waals surface area contributed by atoms with E-state index in [0.29, 0.717) is 5.91 Å². The largest absolute Gasteiger partial charge is 0.351 e. The van der Waals surface area contributed by atoms with Crippen LogP contribution in [0.3, 0.4) is 0 Å². The summed E-state index contributed by atoms with van der Waals surface area (Å²) in [5.41, 5.74) is -0.0471. The molecule has 0 aromatic carbocycles. The first-order valence-electron chi connectivity index (χ1n) is 8.32. The second-order valence-electron chi connectivity index (χ2n) is 7.48. The smallest absolute Gasteiger partial charge is 0.223 e. The number of rotatable bonds is 8. The van der Waals surface area contributed by atoms with Crippen molar-refractivity contribution in [1.82, 2.24) is 5.32 Å². The van der Waals surface area contributed by atoms with E-state index in [1.54, 1.807) is 0 Å². The Morgan fingerprint density at radius 2 is 1.89 bits per heavy atom. The van der Waals surface area contributed by atoms with E-state index >= 15 is 0 Å². The quantitative estimate of drug-likeness (QED) is 0.697. The van der Waals surface area contributed by atoms with Crippen molar-refractivity contribution >= 4 is 5.91 Å². The van der Waals surface area contributed by atoms with Gasteiger partial charge < -0.3 is 5.32 Å². The van der Waals surface area contributed by atoms with Crippen LogP contribution in [0.25, 0.3) is 0 Å². The van der Waals surface area contributed by atoms with Crippen molar-refractivity contribution in [2.45, 2.75) is 84.1 Å². The van der Waals surface area contributed by atoms with Gasteiger partial charge in [-0.2, -0.15) is 0 Å². The molecule has 2 heteroatoms. The average Bonchev–Trinajstić information content (AvgIpc) is 3.10. The fourth-order valence-electron chi connectivity index (χ4n) is 2.85. The molecule has 0 aromatic rings. The Labute approximate surface area is 118 Å². The first-order chi connectivity index (χ1) is 9.00. The number of hydrogen-bond donors (Lipinski definition) is 1. The van der Waals surface area contributed by atoms with E-state index in [4.69, 9.17) is 0 Å². The van der Waals surface area contributed by atoms with Gasteiger partial charge in [-0.3, -0.25) is 4.79 Å². The van der Waals surface area contributed by atoms with Gasteiger partial charge in [0, 0.05) is 11.5 Å². The topological polar surface area (TPSA) is 29.1 Å². The first kappa shape index (κ1) is 14.9. The highest BCUT2D eigenvalue weighted by molar-refractivity contribution is 5.79. The minimum Gasteiger partial charge on any atom is -0.351 e. The highest BCUT2D eigenvalue weighted by Gasteiger charge is 2.31. The van der Waals surface area contributed by atoms with E-state index in [1.807, 2.05) is 0 Å². The van der Waals surface area contributed by atoms with Gasteiger partial charge in [0.05, 0.1) is 0 Å². The van der Waals surface area contributed by atoms with Gasteiger partial charge in [-0.25, -0.2) is 0 Å². The third kappa shape index (κ3) is 4.81. The SMILES string of the molecule is CCC(C)(C)NC(=O)C(CCC1CC1)CC1CCC1. The average molecular weight is 265 g/mol. The number of carbonyl (C=O) groups excluding carboxylic acids is 1. The van der Waals surface area contributed by atoms with Gasteiger partial charge in [-0.05, 0) is 51.4 Å². The molecule has 19 heavy (non-hydrogen) atoms. The Kier molecular flexibility index (Phi) is 4.92. The van der Waals surface area contributed by atoms with Crippen molar-refractivity contribution < 1.29 is 4.79 Å². The first-order valence-corrected chi connectivity index (χ1v) is 8.32. The molecule has 2 fully saturated rings. The van der Waals surface area contributed by atoms with Gasteiger partial charge >= 0.3 is 0 Å². The molecule has 0 bridgehead atoms. The standard InChI is InChI=1S/C17H31NO/c1-4-17(2,3)18-16(19)15(11-10-13-8-9-13)12-14-6-5-7-14/h13-15H,4-12H2,1-3H3,(H,18,19). The molecule has 0 radical (unpaired) electrons. The maximum atomic E-state index is 12.5. The van der Waals surface area contributed by atoms with E-state index in [-0.39, 0.29) is 11.5 Å². The van der Waals surface area contributed by atoms with Crippen LogP contribution in [0.4, 0.5) is 0 Å². The third-order valence-electron chi connectivity index (χ3n) is 5.18. The second-order valence-corrected chi connectivity index (χ2v) is 7.48. The van der Waals surface area contributed by atoms with Crippen LogP contribution >= 0.6 is 0 Å². The van der Waals surface area contributed by atoms with Crippen molar-refractivity contribution in [2.24, 2.45) is 17.8 Å². The molecule has 1 unspecified atom stereocenters. The van der Waals surface area contributed by atoms with Crippen LogP contribution in [-0.2, 0) is 4.79 Å². The van der Waals surface area contributed by atoms with Gasteiger partial charge in [0.25, 0.3) is 0 Å². The lowest BCUT2D eigenvalue weighted by Crippen LogP contribution is -2.46. The summed E-state index contributed by atoms with van der Waals surface area (Å²) in [6.07, 6.45) is 11.4. The zero-order valence-corrected chi connectivity index (χ0v) is 13.0. The van der Waals surface area contributed by atoms with Crippen LogP contribution in [0.2, 0.25) is 0 Å². The Hall–Kier alpha value is -0.530. The summed E-state index contributed by atoms with van der Waals surface area (Å²) < 4.78 is 0. The lowest BCUT2D eigenvalue weighted by atomic mass is 9.77. The maximum Gasteiger partial charge on any atom is 0.223 e. The molecular weight excluding hydrogens is 234 g/mol.